The van der Waals surface area contributed by atoms with Gasteiger partial charge in [0.25, 0.3) is 10.2 Å². The summed E-state index contributed by atoms with van der Waals surface area (Å²) in [6, 6.07) is -0.308. The van der Waals surface area contributed by atoms with E-state index in [9.17, 15) is 18.0 Å². The van der Waals surface area contributed by atoms with Crippen molar-refractivity contribution in [3.05, 3.63) is 0 Å². The van der Waals surface area contributed by atoms with Crippen LogP contribution < -0.4 is 10.0 Å². The number of amides is 2. The van der Waals surface area contributed by atoms with Crippen LogP contribution in [0.4, 0.5) is 4.79 Å². The SMILES string of the molecule is COC(=O)C1CCCN(C(=O)NCCNS(=O)(=O)N(C)C)C1. The van der Waals surface area contributed by atoms with E-state index in [0.717, 1.165) is 10.7 Å². The van der Waals surface area contributed by atoms with E-state index in [4.69, 9.17) is 4.74 Å². The first-order chi connectivity index (χ1) is 10.3. The van der Waals surface area contributed by atoms with Crippen LogP contribution in [0, 0.1) is 5.92 Å². The van der Waals surface area contributed by atoms with Crippen molar-refractivity contribution >= 4 is 22.2 Å². The predicted molar refractivity (Wildman–Crippen MR) is 80.3 cm³/mol. The summed E-state index contributed by atoms with van der Waals surface area (Å²) in [6.45, 7) is 1.16. The fourth-order valence-corrected chi connectivity index (χ4v) is 2.73. The largest absolute Gasteiger partial charge is 0.469 e. The van der Waals surface area contributed by atoms with Gasteiger partial charge in [0.2, 0.25) is 0 Å². The van der Waals surface area contributed by atoms with E-state index in [2.05, 4.69) is 10.0 Å². The van der Waals surface area contributed by atoms with Crippen molar-refractivity contribution in [1.82, 2.24) is 19.2 Å². The predicted octanol–water partition coefficient (Wildman–Crippen LogP) is -1.02. The molecule has 0 aromatic rings. The Balaban J connectivity index is 2.35. The molecule has 1 unspecified atom stereocenters. The monoisotopic (exact) mass is 336 g/mol. The van der Waals surface area contributed by atoms with Gasteiger partial charge in [-0.15, -0.1) is 0 Å². The second-order valence-corrected chi connectivity index (χ2v) is 7.19. The Bertz CT molecular complexity index is 494. The Morgan fingerprint density at radius 3 is 2.59 bits per heavy atom. The van der Waals surface area contributed by atoms with Gasteiger partial charge in [0.15, 0.2) is 0 Å². The highest BCUT2D eigenvalue weighted by Gasteiger charge is 2.28. The molecule has 1 fully saturated rings. The van der Waals surface area contributed by atoms with Crippen molar-refractivity contribution in [2.75, 3.05) is 47.4 Å². The van der Waals surface area contributed by atoms with Crippen molar-refractivity contribution < 1.29 is 22.7 Å². The maximum Gasteiger partial charge on any atom is 0.317 e. The maximum absolute atomic E-state index is 12.0. The molecule has 128 valence electrons. The minimum absolute atomic E-state index is 0.0977. The van der Waals surface area contributed by atoms with Gasteiger partial charge in [0.1, 0.15) is 0 Å². The first-order valence-corrected chi connectivity index (χ1v) is 8.49. The zero-order valence-corrected chi connectivity index (χ0v) is 14.0. The van der Waals surface area contributed by atoms with Gasteiger partial charge in [-0.05, 0) is 12.8 Å². The summed E-state index contributed by atoms with van der Waals surface area (Å²) in [5.74, 6) is -0.604. The Hall–Kier alpha value is -1.39. The van der Waals surface area contributed by atoms with Crippen LogP contribution in [0.25, 0.3) is 0 Å². The van der Waals surface area contributed by atoms with Crippen LogP contribution >= 0.6 is 0 Å². The molecule has 9 nitrogen and oxygen atoms in total. The Morgan fingerprint density at radius 1 is 1.32 bits per heavy atom. The lowest BCUT2D eigenvalue weighted by Crippen LogP contribution is -2.49. The minimum Gasteiger partial charge on any atom is -0.469 e. The molecule has 1 rings (SSSR count). The van der Waals surface area contributed by atoms with Crippen molar-refractivity contribution in [1.29, 1.82) is 0 Å². The average Bonchev–Trinajstić information content (AvgIpc) is 2.50. The fourth-order valence-electron chi connectivity index (χ4n) is 2.11. The third-order valence-corrected chi connectivity index (χ3v) is 4.94. The minimum atomic E-state index is -3.49. The molecule has 0 bridgehead atoms. The number of methoxy groups -OCH3 is 1. The molecule has 0 radical (unpaired) electrons. The van der Waals surface area contributed by atoms with Gasteiger partial charge in [-0.25, -0.2) is 9.52 Å². The van der Waals surface area contributed by atoms with E-state index in [1.54, 1.807) is 4.90 Å². The normalized spacial score (nSPS) is 19.1. The van der Waals surface area contributed by atoms with Crippen LogP contribution in [0.1, 0.15) is 12.8 Å². The molecule has 1 saturated heterocycles. The smallest absolute Gasteiger partial charge is 0.317 e. The Kier molecular flexibility index (Phi) is 7.04. The number of nitrogens with zero attached hydrogens (tertiary/aromatic N) is 2. The van der Waals surface area contributed by atoms with E-state index in [1.807, 2.05) is 0 Å². The van der Waals surface area contributed by atoms with E-state index in [-0.39, 0.29) is 31.0 Å². The summed E-state index contributed by atoms with van der Waals surface area (Å²) in [6.07, 6.45) is 1.44. The highest BCUT2D eigenvalue weighted by atomic mass is 32.2. The summed E-state index contributed by atoms with van der Waals surface area (Å²) < 4.78 is 31.0. The van der Waals surface area contributed by atoms with Crippen molar-refractivity contribution in [3.63, 3.8) is 0 Å². The van der Waals surface area contributed by atoms with E-state index < -0.39 is 10.2 Å². The summed E-state index contributed by atoms with van der Waals surface area (Å²) in [7, 11) is 0.681. The number of likely N-dealkylation sites (tertiary alicyclic amines) is 1. The number of hydrogen-bond donors (Lipinski definition) is 2. The molecule has 0 aromatic carbocycles. The molecule has 1 atom stereocenters. The van der Waals surface area contributed by atoms with Gasteiger partial charge >= 0.3 is 12.0 Å². The highest BCUT2D eigenvalue weighted by molar-refractivity contribution is 7.87. The molecule has 0 aromatic heterocycles. The van der Waals surface area contributed by atoms with Crippen LogP contribution in [-0.2, 0) is 19.7 Å². The van der Waals surface area contributed by atoms with Crippen molar-refractivity contribution in [2.45, 2.75) is 12.8 Å². The van der Waals surface area contributed by atoms with Gasteiger partial charge < -0.3 is 15.0 Å². The summed E-state index contributed by atoms with van der Waals surface area (Å²) >= 11 is 0. The first-order valence-electron chi connectivity index (χ1n) is 7.05. The molecule has 1 heterocycles. The first kappa shape index (κ1) is 18.7. The number of ether oxygens (including phenoxy) is 1. The van der Waals surface area contributed by atoms with E-state index in [1.165, 1.54) is 21.2 Å². The quantitative estimate of drug-likeness (QED) is 0.477. The third kappa shape index (κ3) is 5.43. The third-order valence-electron chi connectivity index (χ3n) is 3.41. The van der Waals surface area contributed by atoms with E-state index >= 15 is 0 Å². The lowest BCUT2D eigenvalue weighted by Gasteiger charge is -2.31. The molecule has 1 aliphatic heterocycles. The Morgan fingerprint density at radius 2 is 2.00 bits per heavy atom. The van der Waals surface area contributed by atoms with Crippen LogP contribution in [0.3, 0.4) is 0 Å². The number of rotatable bonds is 6. The molecule has 22 heavy (non-hydrogen) atoms. The van der Waals surface area contributed by atoms with Crippen LogP contribution in [0.2, 0.25) is 0 Å². The molecular formula is C12H24N4O5S. The number of carbonyl (C=O) groups excluding carboxylic acids is 2. The van der Waals surface area contributed by atoms with Gasteiger partial charge in [-0.2, -0.15) is 12.7 Å². The number of nitrogens with one attached hydrogen (secondary N) is 2. The lowest BCUT2D eigenvalue weighted by atomic mass is 9.98. The second-order valence-electron chi connectivity index (χ2n) is 5.22. The number of esters is 1. The number of piperidine rings is 1. The number of hydrogen-bond acceptors (Lipinski definition) is 5. The zero-order chi connectivity index (χ0) is 16.8. The van der Waals surface area contributed by atoms with Crippen LogP contribution in [0.15, 0.2) is 0 Å². The van der Waals surface area contributed by atoms with Crippen molar-refractivity contribution in [2.24, 2.45) is 5.92 Å². The zero-order valence-electron chi connectivity index (χ0n) is 13.2. The molecule has 10 heteroatoms. The summed E-state index contributed by atoms with van der Waals surface area (Å²) in [5.41, 5.74) is 0. The van der Waals surface area contributed by atoms with Crippen molar-refractivity contribution in [3.8, 4) is 0 Å². The molecule has 0 spiro atoms. The molecule has 1 aliphatic rings. The topological polar surface area (TPSA) is 108 Å². The number of urea groups is 1. The standard InChI is InChI=1S/C12H24N4O5S/c1-15(2)22(19,20)14-7-6-13-12(18)16-8-4-5-10(9-16)11(17)21-3/h10,14H,4-9H2,1-3H3,(H,13,18). The lowest BCUT2D eigenvalue weighted by molar-refractivity contribution is -0.146. The van der Waals surface area contributed by atoms with Gasteiger partial charge in [0.05, 0.1) is 13.0 Å². The second kappa shape index (κ2) is 8.30. The average molecular weight is 336 g/mol. The van der Waals surface area contributed by atoms with Crippen LogP contribution in [0.5, 0.6) is 0 Å². The summed E-state index contributed by atoms with van der Waals surface area (Å²) in [4.78, 5) is 25.0. The summed E-state index contributed by atoms with van der Waals surface area (Å²) in [5, 5.41) is 2.63. The molecule has 2 amide bonds. The van der Waals surface area contributed by atoms with E-state index in [0.29, 0.717) is 19.5 Å². The molecule has 2 N–H and O–H groups in total. The van der Waals surface area contributed by atoms with Gasteiger partial charge in [-0.3, -0.25) is 4.79 Å². The highest BCUT2D eigenvalue weighted by Crippen LogP contribution is 2.17. The number of carbonyl (C=O) groups is 2. The Labute approximate surface area is 131 Å². The van der Waals surface area contributed by atoms with Crippen LogP contribution in [-0.4, -0.2) is 77.0 Å². The van der Waals surface area contributed by atoms with Gasteiger partial charge in [-0.1, -0.05) is 0 Å². The molecule has 0 aliphatic carbocycles. The van der Waals surface area contributed by atoms with Gasteiger partial charge in [0, 0.05) is 40.3 Å². The molecule has 0 saturated carbocycles. The fraction of sp³-hybridized carbons (Fsp3) is 0.833. The molecular weight excluding hydrogens is 312 g/mol. The maximum atomic E-state index is 12.0.